The molecule has 0 amide bonds. The summed E-state index contributed by atoms with van der Waals surface area (Å²) in [6, 6.07) is 0. The summed E-state index contributed by atoms with van der Waals surface area (Å²) in [6.45, 7) is 14.8. The van der Waals surface area contributed by atoms with Gasteiger partial charge in [0.05, 0.1) is 5.57 Å². The predicted molar refractivity (Wildman–Crippen MR) is 109 cm³/mol. The number of carbonyl (C=O) groups is 1. The fourth-order valence-electron chi connectivity index (χ4n) is 7.15. The van der Waals surface area contributed by atoms with Gasteiger partial charge in [-0.25, -0.2) is 4.79 Å². The zero-order valence-corrected chi connectivity index (χ0v) is 18.3. The van der Waals surface area contributed by atoms with Crippen molar-refractivity contribution in [3.63, 3.8) is 0 Å². The number of fused-ring (bicyclic) bond motifs is 1. The standard InChI is InChI=1S/C24H40O3/c1-7-22(4)13-12-20-23(5,8-2)16(3)11-14-24(20,6)19(22)10-9-17-18(25)15-27-21(17)26/h9,16,18-20,25H,7-8,10-15H2,1-6H3/b17-9+/t16-,18-,19+,20?,22+,23-,24-/m1/s1. The van der Waals surface area contributed by atoms with Gasteiger partial charge in [0, 0.05) is 0 Å². The van der Waals surface area contributed by atoms with Crippen LogP contribution in [-0.4, -0.2) is 23.8 Å². The molecule has 2 aliphatic carbocycles. The molecule has 1 aliphatic heterocycles. The molecule has 1 N–H and O–H groups in total. The molecule has 0 spiro atoms. The second-order valence-corrected chi connectivity index (χ2v) is 10.5. The van der Waals surface area contributed by atoms with E-state index in [1.807, 2.05) is 6.08 Å². The summed E-state index contributed by atoms with van der Waals surface area (Å²) in [5.74, 6) is 1.73. The molecule has 3 aliphatic rings. The molecule has 3 rings (SSSR count). The van der Waals surface area contributed by atoms with E-state index >= 15 is 0 Å². The van der Waals surface area contributed by atoms with Crippen LogP contribution in [0, 0.1) is 34.0 Å². The number of aliphatic hydroxyl groups excluding tert-OH is 1. The van der Waals surface area contributed by atoms with Gasteiger partial charge in [-0.05, 0) is 66.1 Å². The van der Waals surface area contributed by atoms with Crippen LogP contribution < -0.4 is 0 Å². The first-order chi connectivity index (χ1) is 12.6. The molecule has 1 saturated heterocycles. The average molecular weight is 377 g/mol. The molecular formula is C24H40O3. The van der Waals surface area contributed by atoms with E-state index in [-0.39, 0.29) is 12.6 Å². The topological polar surface area (TPSA) is 46.5 Å². The third-order valence-corrected chi connectivity index (χ3v) is 9.59. The van der Waals surface area contributed by atoms with Gasteiger partial charge in [0.15, 0.2) is 0 Å². The van der Waals surface area contributed by atoms with Crippen molar-refractivity contribution in [2.24, 2.45) is 34.0 Å². The van der Waals surface area contributed by atoms with E-state index in [1.54, 1.807) is 0 Å². The molecule has 1 unspecified atom stereocenters. The van der Waals surface area contributed by atoms with E-state index in [1.165, 1.54) is 38.5 Å². The van der Waals surface area contributed by atoms with E-state index in [0.29, 0.717) is 27.7 Å². The molecule has 3 heteroatoms. The lowest BCUT2D eigenvalue weighted by atomic mass is 9.40. The van der Waals surface area contributed by atoms with Crippen LogP contribution in [-0.2, 0) is 9.53 Å². The number of hydrogen-bond donors (Lipinski definition) is 1. The first-order valence-corrected chi connectivity index (χ1v) is 11.2. The van der Waals surface area contributed by atoms with Crippen LogP contribution in [0.2, 0.25) is 0 Å². The van der Waals surface area contributed by atoms with Crippen molar-refractivity contribution in [2.45, 2.75) is 92.6 Å². The van der Waals surface area contributed by atoms with Crippen LogP contribution >= 0.6 is 0 Å². The fraction of sp³-hybridized carbons (Fsp3) is 0.875. The Hall–Kier alpha value is -0.830. The Labute approximate surface area is 165 Å². The summed E-state index contributed by atoms with van der Waals surface area (Å²) in [7, 11) is 0. The van der Waals surface area contributed by atoms with Gasteiger partial charge in [-0.2, -0.15) is 0 Å². The summed E-state index contributed by atoms with van der Waals surface area (Å²) in [6.07, 6.45) is 9.76. The lowest BCUT2D eigenvalue weighted by Crippen LogP contribution is -2.57. The Morgan fingerprint density at radius 1 is 1.15 bits per heavy atom. The molecule has 27 heavy (non-hydrogen) atoms. The van der Waals surface area contributed by atoms with E-state index in [9.17, 15) is 9.90 Å². The Morgan fingerprint density at radius 2 is 1.85 bits per heavy atom. The maximum atomic E-state index is 12.0. The molecule has 2 saturated carbocycles. The minimum atomic E-state index is -0.745. The number of allylic oxidation sites excluding steroid dienone is 1. The molecule has 7 atom stereocenters. The average Bonchev–Trinajstić information content (AvgIpc) is 2.96. The third-order valence-electron chi connectivity index (χ3n) is 9.59. The van der Waals surface area contributed by atoms with Gasteiger partial charge in [-0.3, -0.25) is 0 Å². The van der Waals surface area contributed by atoms with Gasteiger partial charge in [0.2, 0.25) is 0 Å². The molecular weight excluding hydrogens is 336 g/mol. The van der Waals surface area contributed by atoms with Crippen molar-refractivity contribution in [3.8, 4) is 0 Å². The van der Waals surface area contributed by atoms with Crippen molar-refractivity contribution < 1.29 is 14.6 Å². The minimum absolute atomic E-state index is 0.117. The lowest BCUT2D eigenvalue weighted by molar-refractivity contribution is -0.154. The molecule has 3 nitrogen and oxygen atoms in total. The summed E-state index contributed by atoms with van der Waals surface area (Å²) in [5, 5.41) is 10.1. The van der Waals surface area contributed by atoms with Crippen LogP contribution in [0.4, 0.5) is 0 Å². The molecule has 154 valence electrons. The molecule has 0 aromatic rings. The van der Waals surface area contributed by atoms with Gasteiger partial charge in [-0.15, -0.1) is 0 Å². The molecule has 1 heterocycles. The number of cyclic esters (lactones) is 1. The van der Waals surface area contributed by atoms with E-state index in [0.717, 1.165) is 18.3 Å². The Morgan fingerprint density at radius 3 is 2.41 bits per heavy atom. The quantitative estimate of drug-likeness (QED) is 0.519. The molecule has 3 fully saturated rings. The molecule has 0 bridgehead atoms. The lowest BCUT2D eigenvalue weighted by Gasteiger charge is -2.65. The van der Waals surface area contributed by atoms with E-state index < -0.39 is 6.10 Å². The number of hydrogen-bond acceptors (Lipinski definition) is 3. The highest BCUT2D eigenvalue weighted by molar-refractivity contribution is 5.91. The van der Waals surface area contributed by atoms with Crippen molar-refractivity contribution in [2.75, 3.05) is 6.61 Å². The van der Waals surface area contributed by atoms with Crippen LogP contribution in [0.25, 0.3) is 0 Å². The van der Waals surface area contributed by atoms with E-state index in [4.69, 9.17) is 4.74 Å². The maximum absolute atomic E-state index is 12.0. The molecule has 0 aromatic carbocycles. The number of aliphatic hydroxyl groups is 1. The first-order valence-electron chi connectivity index (χ1n) is 11.2. The smallest absolute Gasteiger partial charge is 0.336 e. The highest BCUT2D eigenvalue weighted by atomic mass is 16.6. The van der Waals surface area contributed by atoms with Gasteiger partial charge < -0.3 is 9.84 Å². The van der Waals surface area contributed by atoms with Crippen LogP contribution in [0.1, 0.15) is 86.5 Å². The summed E-state index contributed by atoms with van der Waals surface area (Å²) < 4.78 is 5.04. The van der Waals surface area contributed by atoms with Crippen molar-refractivity contribution >= 4 is 5.97 Å². The first kappa shape index (κ1) is 20.9. The number of esters is 1. The van der Waals surface area contributed by atoms with Crippen LogP contribution in [0.5, 0.6) is 0 Å². The summed E-state index contributed by atoms with van der Waals surface area (Å²) >= 11 is 0. The number of carbonyl (C=O) groups excluding carboxylic acids is 1. The normalized spacial score (nSPS) is 49.1. The Bertz CT molecular complexity index is 611. The zero-order valence-electron chi connectivity index (χ0n) is 18.3. The summed E-state index contributed by atoms with van der Waals surface area (Å²) in [5.41, 5.74) is 1.48. The third kappa shape index (κ3) is 3.18. The van der Waals surface area contributed by atoms with Crippen LogP contribution in [0.3, 0.4) is 0 Å². The zero-order chi connectivity index (χ0) is 20.0. The second-order valence-electron chi connectivity index (χ2n) is 10.5. The SMILES string of the molecule is CC[C@@]1(C)CCC2[C@](C)(CC)[C@H](C)CC[C@]2(C)[C@H]1C/C=C1/C(=O)OC[C@H]1O. The predicted octanol–water partition coefficient (Wildman–Crippen LogP) is 5.52. The molecule has 0 radical (unpaired) electrons. The van der Waals surface area contributed by atoms with Gasteiger partial charge >= 0.3 is 5.97 Å². The van der Waals surface area contributed by atoms with Crippen LogP contribution in [0.15, 0.2) is 11.6 Å². The number of rotatable bonds is 4. The number of ether oxygens (including phenoxy) is 1. The van der Waals surface area contributed by atoms with Gasteiger partial charge in [0.25, 0.3) is 0 Å². The Balaban J connectivity index is 1.97. The minimum Gasteiger partial charge on any atom is -0.459 e. The maximum Gasteiger partial charge on any atom is 0.336 e. The monoisotopic (exact) mass is 376 g/mol. The second kappa shape index (κ2) is 7.21. The highest BCUT2D eigenvalue weighted by Gasteiger charge is 2.59. The largest absolute Gasteiger partial charge is 0.459 e. The van der Waals surface area contributed by atoms with E-state index in [2.05, 4.69) is 41.5 Å². The molecule has 0 aromatic heterocycles. The highest BCUT2D eigenvalue weighted by Crippen LogP contribution is 2.67. The van der Waals surface area contributed by atoms with Gasteiger partial charge in [-0.1, -0.05) is 60.5 Å². The fourth-order valence-corrected chi connectivity index (χ4v) is 7.15. The van der Waals surface area contributed by atoms with Crippen molar-refractivity contribution in [1.82, 2.24) is 0 Å². The van der Waals surface area contributed by atoms with Crippen molar-refractivity contribution in [1.29, 1.82) is 0 Å². The Kier molecular flexibility index (Phi) is 5.58. The van der Waals surface area contributed by atoms with Gasteiger partial charge in [0.1, 0.15) is 12.7 Å². The van der Waals surface area contributed by atoms with Crippen molar-refractivity contribution in [3.05, 3.63) is 11.6 Å². The summed E-state index contributed by atoms with van der Waals surface area (Å²) in [4.78, 5) is 12.0.